The molecule has 1 heterocycles. The number of nitrogens with one attached hydrogen (secondary N) is 1. The first-order chi connectivity index (χ1) is 10.2. The first-order valence-corrected chi connectivity index (χ1v) is 7.59. The largest absolute Gasteiger partial charge is 0.469 e. The van der Waals surface area contributed by atoms with Gasteiger partial charge in [0.2, 0.25) is 0 Å². The third-order valence-electron chi connectivity index (χ3n) is 3.09. The van der Waals surface area contributed by atoms with Crippen molar-refractivity contribution in [2.24, 2.45) is 0 Å². The van der Waals surface area contributed by atoms with E-state index in [4.69, 9.17) is 0 Å². The first-order valence-electron chi connectivity index (χ1n) is 6.77. The highest BCUT2D eigenvalue weighted by molar-refractivity contribution is 7.12. The minimum atomic E-state index is -0.226. The number of hydrogen-bond donors (Lipinski definition) is 1. The highest BCUT2D eigenvalue weighted by Crippen LogP contribution is 2.17. The summed E-state index contributed by atoms with van der Waals surface area (Å²) in [5, 5.41) is 3.29. The number of rotatable bonds is 7. The van der Waals surface area contributed by atoms with Crippen LogP contribution in [0.25, 0.3) is 0 Å². The van der Waals surface area contributed by atoms with Crippen molar-refractivity contribution in [1.82, 2.24) is 5.32 Å². The summed E-state index contributed by atoms with van der Waals surface area (Å²) in [4.78, 5) is 13.3. The van der Waals surface area contributed by atoms with Gasteiger partial charge in [0.1, 0.15) is 5.82 Å². The smallest absolute Gasteiger partial charge is 0.310 e. The second kappa shape index (κ2) is 7.90. The van der Waals surface area contributed by atoms with E-state index in [1.165, 1.54) is 13.2 Å². The van der Waals surface area contributed by atoms with Crippen LogP contribution >= 0.6 is 11.3 Å². The van der Waals surface area contributed by atoms with Crippen molar-refractivity contribution in [3.05, 3.63) is 57.5 Å². The summed E-state index contributed by atoms with van der Waals surface area (Å²) >= 11 is 1.59. The molecule has 0 amide bonds. The topological polar surface area (TPSA) is 38.3 Å². The summed E-state index contributed by atoms with van der Waals surface area (Å²) in [6, 6.07) is 10.8. The summed E-state index contributed by atoms with van der Waals surface area (Å²) in [5.41, 5.74) is 0.725. The fourth-order valence-corrected chi connectivity index (χ4v) is 2.94. The normalized spacial score (nSPS) is 10.6. The number of halogens is 1. The van der Waals surface area contributed by atoms with Crippen molar-refractivity contribution >= 4 is 17.3 Å². The van der Waals surface area contributed by atoms with Crippen molar-refractivity contribution in [1.29, 1.82) is 0 Å². The molecule has 21 heavy (non-hydrogen) atoms. The molecule has 0 saturated carbocycles. The Morgan fingerprint density at radius 2 is 2.00 bits per heavy atom. The van der Waals surface area contributed by atoms with E-state index in [0.29, 0.717) is 19.4 Å². The summed E-state index contributed by atoms with van der Waals surface area (Å²) in [6.45, 7) is 1.44. The highest BCUT2D eigenvalue weighted by Gasteiger charge is 2.06. The van der Waals surface area contributed by atoms with Crippen molar-refractivity contribution in [3.63, 3.8) is 0 Å². The van der Waals surface area contributed by atoms with Crippen molar-refractivity contribution in [3.8, 4) is 0 Å². The molecule has 2 rings (SSSR count). The number of hydrogen-bond acceptors (Lipinski definition) is 4. The maximum Gasteiger partial charge on any atom is 0.310 e. The zero-order valence-electron chi connectivity index (χ0n) is 11.9. The molecule has 1 N–H and O–H groups in total. The quantitative estimate of drug-likeness (QED) is 0.631. The van der Waals surface area contributed by atoms with Gasteiger partial charge in [0.25, 0.3) is 0 Å². The van der Waals surface area contributed by atoms with E-state index >= 15 is 0 Å². The van der Waals surface area contributed by atoms with E-state index in [9.17, 15) is 9.18 Å². The lowest BCUT2D eigenvalue weighted by Gasteiger charge is -2.04. The first kappa shape index (κ1) is 15.7. The fourth-order valence-electron chi connectivity index (χ4n) is 1.96. The van der Waals surface area contributed by atoms with E-state index in [1.807, 2.05) is 18.2 Å². The fraction of sp³-hybridized carbons (Fsp3) is 0.312. The maximum absolute atomic E-state index is 13.4. The van der Waals surface area contributed by atoms with Gasteiger partial charge in [-0.25, -0.2) is 4.39 Å². The summed E-state index contributed by atoms with van der Waals surface area (Å²) in [7, 11) is 1.39. The van der Waals surface area contributed by atoms with Crippen molar-refractivity contribution in [2.45, 2.75) is 19.4 Å². The van der Waals surface area contributed by atoms with Gasteiger partial charge in [-0.2, -0.15) is 0 Å². The number of esters is 1. The van der Waals surface area contributed by atoms with E-state index in [0.717, 1.165) is 21.9 Å². The van der Waals surface area contributed by atoms with Crippen LogP contribution in [0.5, 0.6) is 0 Å². The predicted octanol–water partition coefficient (Wildman–Crippen LogP) is 2.94. The number of methoxy groups -OCH3 is 1. The number of carbonyl (C=O) groups excluding carboxylic acids is 1. The molecule has 0 atom stereocenters. The Kier molecular flexibility index (Phi) is 5.90. The van der Waals surface area contributed by atoms with Gasteiger partial charge in [0, 0.05) is 16.3 Å². The Morgan fingerprint density at radius 3 is 2.76 bits per heavy atom. The molecule has 2 aromatic rings. The molecule has 3 nitrogen and oxygen atoms in total. The Hall–Kier alpha value is -1.72. The molecule has 0 radical (unpaired) electrons. The second-order valence-corrected chi connectivity index (χ2v) is 5.89. The molecule has 1 aromatic heterocycles. The molecule has 0 saturated heterocycles. The van der Waals surface area contributed by atoms with Crippen LogP contribution in [0.1, 0.15) is 15.3 Å². The van der Waals surface area contributed by atoms with Crippen LogP contribution in [0, 0.1) is 5.82 Å². The maximum atomic E-state index is 13.4. The molecule has 0 aliphatic heterocycles. The molecular formula is C16H18FNO2S. The second-order valence-electron chi connectivity index (χ2n) is 4.64. The molecule has 0 aliphatic carbocycles. The molecule has 0 spiro atoms. The van der Waals surface area contributed by atoms with Crippen LogP contribution in [-0.2, 0) is 28.9 Å². The molecule has 1 aromatic carbocycles. The van der Waals surface area contributed by atoms with Gasteiger partial charge in [-0.05, 0) is 36.7 Å². The van der Waals surface area contributed by atoms with Gasteiger partial charge in [0.15, 0.2) is 0 Å². The Bertz CT molecular complexity index is 597. The van der Waals surface area contributed by atoms with Crippen LogP contribution < -0.4 is 5.32 Å². The molecule has 5 heteroatoms. The lowest BCUT2D eigenvalue weighted by atomic mass is 10.1. The lowest BCUT2D eigenvalue weighted by molar-refractivity contribution is -0.139. The van der Waals surface area contributed by atoms with Gasteiger partial charge < -0.3 is 10.1 Å². The predicted molar refractivity (Wildman–Crippen MR) is 81.8 cm³/mol. The average molecular weight is 307 g/mol. The Labute approximate surface area is 127 Å². The van der Waals surface area contributed by atoms with Crippen LogP contribution in [0.15, 0.2) is 36.4 Å². The lowest BCUT2D eigenvalue weighted by Crippen LogP contribution is -2.16. The number of carbonyl (C=O) groups is 1. The van der Waals surface area contributed by atoms with Gasteiger partial charge in [-0.15, -0.1) is 11.3 Å². The molecular weight excluding hydrogens is 289 g/mol. The molecule has 0 unspecified atom stereocenters. The Morgan fingerprint density at radius 1 is 1.24 bits per heavy atom. The number of thiophene rings is 1. The van der Waals surface area contributed by atoms with E-state index in [1.54, 1.807) is 23.5 Å². The zero-order chi connectivity index (χ0) is 15.1. The van der Waals surface area contributed by atoms with Crippen molar-refractivity contribution < 1.29 is 13.9 Å². The van der Waals surface area contributed by atoms with E-state index in [2.05, 4.69) is 10.1 Å². The standard InChI is InChI=1S/C16H18FNO2S/c1-20-16(19)10-13-6-7-14(21-13)11-18-9-8-12-4-2-3-5-15(12)17/h2-7,18H,8-11H2,1H3. The highest BCUT2D eigenvalue weighted by atomic mass is 32.1. The SMILES string of the molecule is COC(=O)Cc1ccc(CNCCc2ccccc2F)s1. The summed E-state index contributed by atoms with van der Waals surface area (Å²) in [6.07, 6.45) is 0.976. The Balaban J connectivity index is 1.74. The van der Waals surface area contributed by atoms with Crippen LogP contribution in [0.4, 0.5) is 4.39 Å². The third kappa shape index (κ3) is 4.95. The summed E-state index contributed by atoms with van der Waals surface area (Å²) < 4.78 is 18.1. The summed E-state index contributed by atoms with van der Waals surface area (Å²) in [5.74, 6) is -0.383. The average Bonchev–Trinajstić information content (AvgIpc) is 2.92. The molecule has 112 valence electrons. The van der Waals surface area contributed by atoms with Gasteiger partial charge in [-0.3, -0.25) is 4.79 Å². The third-order valence-corrected chi connectivity index (χ3v) is 4.18. The molecule has 0 aliphatic rings. The monoisotopic (exact) mass is 307 g/mol. The number of ether oxygens (including phenoxy) is 1. The minimum absolute atomic E-state index is 0.157. The van der Waals surface area contributed by atoms with Gasteiger partial charge in [0.05, 0.1) is 13.5 Å². The number of benzene rings is 1. The minimum Gasteiger partial charge on any atom is -0.469 e. The van der Waals surface area contributed by atoms with E-state index in [-0.39, 0.29) is 11.8 Å². The van der Waals surface area contributed by atoms with Gasteiger partial charge >= 0.3 is 5.97 Å². The zero-order valence-corrected chi connectivity index (χ0v) is 12.7. The van der Waals surface area contributed by atoms with Crippen LogP contribution in [0.3, 0.4) is 0 Å². The van der Waals surface area contributed by atoms with Gasteiger partial charge in [-0.1, -0.05) is 18.2 Å². The van der Waals surface area contributed by atoms with E-state index < -0.39 is 0 Å². The van der Waals surface area contributed by atoms with Crippen molar-refractivity contribution in [2.75, 3.05) is 13.7 Å². The molecule has 0 bridgehead atoms. The molecule has 0 fully saturated rings. The van der Waals surface area contributed by atoms with Crippen LogP contribution in [0.2, 0.25) is 0 Å². The van der Waals surface area contributed by atoms with Crippen LogP contribution in [-0.4, -0.2) is 19.6 Å².